The number of carbonyl (C=O) groups is 2. The van der Waals surface area contributed by atoms with Crippen LogP contribution in [0.25, 0.3) is 0 Å². The number of hydrogen-bond donors (Lipinski definition) is 2. The highest BCUT2D eigenvalue weighted by Crippen LogP contribution is 2.12. The van der Waals surface area contributed by atoms with Crippen LogP contribution in [-0.2, 0) is 9.59 Å². The second-order valence-corrected chi connectivity index (χ2v) is 5.23. The van der Waals surface area contributed by atoms with Crippen molar-refractivity contribution in [2.75, 3.05) is 0 Å². The molecule has 0 saturated carbocycles. The molecule has 22 heavy (non-hydrogen) atoms. The van der Waals surface area contributed by atoms with Gasteiger partial charge in [0.1, 0.15) is 5.92 Å². The first-order chi connectivity index (χ1) is 10.6. The van der Waals surface area contributed by atoms with E-state index in [9.17, 15) is 14.7 Å². The van der Waals surface area contributed by atoms with Gasteiger partial charge in [0.15, 0.2) is 0 Å². The van der Waals surface area contributed by atoms with E-state index < -0.39 is 17.9 Å². The Labute approximate surface area is 131 Å². The Morgan fingerprint density at radius 1 is 0.955 bits per heavy atom. The zero-order valence-electron chi connectivity index (χ0n) is 12.6. The van der Waals surface area contributed by atoms with Gasteiger partial charge >= 0.3 is 11.9 Å². The van der Waals surface area contributed by atoms with Gasteiger partial charge in [-0.1, -0.05) is 55.7 Å². The zero-order valence-corrected chi connectivity index (χ0v) is 12.6. The van der Waals surface area contributed by atoms with Crippen molar-refractivity contribution in [3.63, 3.8) is 0 Å². The van der Waals surface area contributed by atoms with Crippen LogP contribution in [0.5, 0.6) is 0 Å². The molecule has 4 nitrogen and oxygen atoms in total. The van der Waals surface area contributed by atoms with Gasteiger partial charge in [-0.2, -0.15) is 0 Å². The van der Waals surface area contributed by atoms with Crippen molar-refractivity contribution >= 4 is 11.9 Å². The highest BCUT2D eigenvalue weighted by molar-refractivity contribution is 5.73. The Bertz CT molecular complexity index is 525. The minimum Gasteiger partial charge on any atom is -0.481 e. The molecule has 4 heteroatoms. The van der Waals surface area contributed by atoms with Crippen LogP contribution in [0.15, 0.2) is 30.3 Å². The number of hydrogen-bond acceptors (Lipinski definition) is 2. The first-order valence-electron chi connectivity index (χ1n) is 7.61. The number of rotatable bonds is 9. The predicted octanol–water partition coefficient (Wildman–Crippen LogP) is 3.55. The lowest BCUT2D eigenvalue weighted by Gasteiger charge is -2.05. The maximum absolute atomic E-state index is 11.2. The van der Waals surface area contributed by atoms with Crippen molar-refractivity contribution < 1.29 is 19.8 Å². The summed E-state index contributed by atoms with van der Waals surface area (Å²) in [6.07, 6.45) is 4.95. The third-order valence-corrected chi connectivity index (χ3v) is 3.35. The van der Waals surface area contributed by atoms with Crippen molar-refractivity contribution in [2.24, 2.45) is 5.92 Å². The van der Waals surface area contributed by atoms with E-state index >= 15 is 0 Å². The number of carboxylic acids is 2. The fourth-order valence-electron chi connectivity index (χ4n) is 2.10. The number of benzene rings is 1. The molecule has 0 aliphatic carbocycles. The molecule has 0 fully saturated rings. The zero-order chi connectivity index (χ0) is 16.2. The quantitative estimate of drug-likeness (QED) is 0.540. The molecule has 2 N–H and O–H groups in total. The second-order valence-electron chi connectivity index (χ2n) is 5.23. The first kappa shape index (κ1) is 17.8. The Kier molecular flexibility index (Phi) is 8.44. The predicted molar refractivity (Wildman–Crippen MR) is 84.4 cm³/mol. The summed E-state index contributed by atoms with van der Waals surface area (Å²) in [6.45, 7) is 0. The van der Waals surface area contributed by atoms with Crippen molar-refractivity contribution in [3.05, 3.63) is 35.9 Å². The second kappa shape index (κ2) is 10.4. The van der Waals surface area contributed by atoms with Crippen LogP contribution in [0.2, 0.25) is 0 Å². The van der Waals surface area contributed by atoms with Crippen molar-refractivity contribution in [3.8, 4) is 11.8 Å². The molecule has 0 radical (unpaired) electrons. The highest BCUT2D eigenvalue weighted by atomic mass is 16.4. The molecule has 0 bridgehead atoms. The van der Waals surface area contributed by atoms with Gasteiger partial charge < -0.3 is 10.2 Å². The topological polar surface area (TPSA) is 74.6 Å². The molecule has 1 unspecified atom stereocenters. The SMILES string of the molecule is O=C(O)CCCCCCCC(C#Cc1ccccc1)C(=O)O. The Morgan fingerprint density at radius 2 is 1.59 bits per heavy atom. The van der Waals surface area contributed by atoms with Crippen LogP contribution < -0.4 is 0 Å². The van der Waals surface area contributed by atoms with E-state index in [0.29, 0.717) is 12.8 Å². The number of carboxylic acid groups (broad SMARTS) is 2. The average Bonchev–Trinajstić information content (AvgIpc) is 2.49. The molecule has 1 aromatic rings. The van der Waals surface area contributed by atoms with E-state index in [1.807, 2.05) is 30.3 Å². The van der Waals surface area contributed by atoms with Gasteiger partial charge in [0.05, 0.1) is 0 Å². The van der Waals surface area contributed by atoms with E-state index in [2.05, 4.69) is 11.8 Å². The third kappa shape index (κ3) is 8.11. The fraction of sp³-hybridized carbons (Fsp3) is 0.444. The standard InChI is InChI=1S/C18H22O4/c19-17(20)12-8-3-1-2-7-11-16(18(21)22)14-13-15-9-5-4-6-10-15/h4-6,9-10,16H,1-3,7-8,11-12H2,(H,19,20)(H,21,22). The summed E-state index contributed by atoms with van der Waals surface area (Å²) in [5, 5.41) is 17.7. The molecule has 0 aromatic heterocycles. The van der Waals surface area contributed by atoms with Gasteiger partial charge in [0, 0.05) is 12.0 Å². The van der Waals surface area contributed by atoms with Crippen LogP contribution in [0, 0.1) is 17.8 Å². The van der Waals surface area contributed by atoms with Crippen LogP contribution >= 0.6 is 0 Å². The minimum atomic E-state index is -0.880. The maximum atomic E-state index is 11.2. The van der Waals surface area contributed by atoms with Crippen LogP contribution in [0.1, 0.15) is 50.5 Å². The molecule has 0 spiro atoms. The molecule has 0 saturated heterocycles. The van der Waals surface area contributed by atoms with E-state index in [-0.39, 0.29) is 6.42 Å². The molecule has 0 aliphatic heterocycles. The normalized spacial score (nSPS) is 11.3. The van der Waals surface area contributed by atoms with Gasteiger partial charge in [-0.25, -0.2) is 0 Å². The smallest absolute Gasteiger partial charge is 0.318 e. The fourth-order valence-corrected chi connectivity index (χ4v) is 2.10. The molecule has 0 heterocycles. The van der Waals surface area contributed by atoms with Crippen LogP contribution in [0.3, 0.4) is 0 Å². The summed E-state index contributed by atoms with van der Waals surface area (Å²) < 4.78 is 0. The lowest BCUT2D eigenvalue weighted by Crippen LogP contribution is -2.11. The largest absolute Gasteiger partial charge is 0.481 e. The van der Waals surface area contributed by atoms with E-state index in [1.165, 1.54) is 0 Å². The number of aliphatic carboxylic acids is 2. The van der Waals surface area contributed by atoms with Gasteiger partial charge in [0.25, 0.3) is 0 Å². The van der Waals surface area contributed by atoms with Crippen molar-refractivity contribution in [2.45, 2.75) is 44.9 Å². The van der Waals surface area contributed by atoms with Crippen molar-refractivity contribution in [1.82, 2.24) is 0 Å². The van der Waals surface area contributed by atoms with E-state index in [1.54, 1.807) is 0 Å². The summed E-state index contributed by atoms with van der Waals surface area (Å²) in [6, 6.07) is 9.35. The molecule has 1 rings (SSSR count). The van der Waals surface area contributed by atoms with Gasteiger partial charge in [-0.05, 0) is 25.0 Å². The molecule has 0 amide bonds. The Morgan fingerprint density at radius 3 is 2.23 bits per heavy atom. The Balaban J connectivity index is 2.29. The molecular weight excluding hydrogens is 280 g/mol. The lowest BCUT2D eigenvalue weighted by atomic mass is 10.00. The first-order valence-corrected chi connectivity index (χ1v) is 7.61. The molecule has 0 aliphatic rings. The summed E-state index contributed by atoms with van der Waals surface area (Å²) in [4.78, 5) is 21.6. The molecule has 1 atom stereocenters. The maximum Gasteiger partial charge on any atom is 0.318 e. The minimum absolute atomic E-state index is 0.209. The lowest BCUT2D eigenvalue weighted by molar-refractivity contribution is -0.140. The molecule has 118 valence electrons. The summed E-state index contributed by atoms with van der Waals surface area (Å²) in [5.41, 5.74) is 0.822. The summed E-state index contributed by atoms with van der Waals surface area (Å²) in [5.74, 6) is 3.45. The van der Waals surface area contributed by atoms with Crippen LogP contribution in [0.4, 0.5) is 0 Å². The summed E-state index contributed by atoms with van der Waals surface area (Å²) in [7, 11) is 0. The van der Waals surface area contributed by atoms with E-state index in [0.717, 1.165) is 31.2 Å². The Hall–Kier alpha value is -2.28. The molecule has 1 aromatic carbocycles. The van der Waals surface area contributed by atoms with Gasteiger partial charge in [0.2, 0.25) is 0 Å². The highest BCUT2D eigenvalue weighted by Gasteiger charge is 2.13. The number of unbranched alkanes of at least 4 members (excludes halogenated alkanes) is 4. The van der Waals surface area contributed by atoms with Gasteiger partial charge in [-0.3, -0.25) is 9.59 Å². The van der Waals surface area contributed by atoms with Gasteiger partial charge in [-0.15, -0.1) is 0 Å². The monoisotopic (exact) mass is 302 g/mol. The van der Waals surface area contributed by atoms with E-state index in [4.69, 9.17) is 5.11 Å². The molecular formula is C18H22O4. The third-order valence-electron chi connectivity index (χ3n) is 3.35. The average molecular weight is 302 g/mol. The van der Waals surface area contributed by atoms with Crippen LogP contribution in [-0.4, -0.2) is 22.2 Å². The summed E-state index contributed by atoms with van der Waals surface area (Å²) >= 11 is 0. The van der Waals surface area contributed by atoms with Crippen molar-refractivity contribution in [1.29, 1.82) is 0 Å².